The molecule has 4 aromatic rings. The molecule has 0 spiro atoms. The first-order valence-electron chi connectivity index (χ1n) is 10.4. The summed E-state index contributed by atoms with van der Waals surface area (Å²) in [6.45, 7) is 3.90. The van der Waals surface area contributed by atoms with Crippen molar-refractivity contribution in [3.8, 4) is 5.75 Å². The molecule has 0 bridgehead atoms. The second kappa shape index (κ2) is 10.2. The van der Waals surface area contributed by atoms with Gasteiger partial charge >= 0.3 is 0 Å². The zero-order valence-electron chi connectivity index (χ0n) is 18.5. The molecule has 0 atom stereocenters. The van der Waals surface area contributed by atoms with E-state index in [0.717, 1.165) is 16.9 Å². The van der Waals surface area contributed by atoms with Gasteiger partial charge in [-0.25, -0.2) is 4.39 Å². The van der Waals surface area contributed by atoms with Gasteiger partial charge in [-0.3, -0.25) is 9.59 Å². The van der Waals surface area contributed by atoms with E-state index in [9.17, 15) is 14.0 Å². The van der Waals surface area contributed by atoms with Gasteiger partial charge in [0.2, 0.25) is 5.01 Å². The second-order valence-corrected chi connectivity index (χ2v) is 8.61. The lowest BCUT2D eigenvalue weighted by Crippen LogP contribution is -2.15. The zero-order valence-corrected chi connectivity index (χ0v) is 19.3. The molecule has 2 amide bonds. The summed E-state index contributed by atoms with van der Waals surface area (Å²) in [4.78, 5) is 25.2. The third-order valence-corrected chi connectivity index (χ3v) is 5.76. The molecular weight excluding hydrogens is 455 g/mol. The van der Waals surface area contributed by atoms with Gasteiger partial charge in [0, 0.05) is 16.9 Å². The minimum Gasteiger partial charge on any atom is -0.486 e. The highest BCUT2D eigenvalue weighted by molar-refractivity contribution is 7.13. The predicted molar refractivity (Wildman–Crippen MR) is 129 cm³/mol. The van der Waals surface area contributed by atoms with Crippen LogP contribution in [0.3, 0.4) is 0 Å². The fourth-order valence-corrected chi connectivity index (χ4v) is 3.72. The van der Waals surface area contributed by atoms with Crippen LogP contribution in [-0.2, 0) is 6.61 Å². The molecule has 0 saturated carbocycles. The number of aryl methyl sites for hydroxylation is 2. The molecule has 4 rings (SSSR count). The van der Waals surface area contributed by atoms with E-state index in [1.807, 2.05) is 31.2 Å². The van der Waals surface area contributed by atoms with Crippen molar-refractivity contribution in [1.29, 1.82) is 0 Å². The van der Waals surface area contributed by atoms with Gasteiger partial charge in [-0.1, -0.05) is 35.1 Å². The quantitative estimate of drug-likeness (QED) is 0.374. The first-order chi connectivity index (χ1) is 16.4. The first-order valence-corrected chi connectivity index (χ1v) is 11.2. The molecule has 0 fully saturated rings. The molecule has 0 aliphatic rings. The van der Waals surface area contributed by atoms with Crippen LogP contribution in [0.25, 0.3) is 0 Å². The maximum Gasteiger partial charge on any atom is 0.286 e. The minimum atomic E-state index is -0.439. The number of nitrogens with one attached hydrogen (secondary N) is 2. The largest absolute Gasteiger partial charge is 0.486 e. The van der Waals surface area contributed by atoms with Gasteiger partial charge < -0.3 is 15.4 Å². The Morgan fingerprint density at radius 1 is 0.941 bits per heavy atom. The van der Waals surface area contributed by atoms with E-state index in [0.29, 0.717) is 33.3 Å². The zero-order chi connectivity index (χ0) is 24.1. The van der Waals surface area contributed by atoms with Crippen LogP contribution in [0.1, 0.15) is 36.3 Å². The molecule has 1 heterocycles. The van der Waals surface area contributed by atoms with Crippen LogP contribution < -0.4 is 15.4 Å². The molecule has 0 aliphatic carbocycles. The molecule has 172 valence electrons. The highest BCUT2D eigenvalue weighted by Gasteiger charge is 2.15. The summed E-state index contributed by atoms with van der Waals surface area (Å²) < 4.78 is 19.0. The Hall–Kier alpha value is -4.11. The van der Waals surface area contributed by atoms with Crippen molar-refractivity contribution in [2.24, 2.45) is 0 Å². The number of halogens is 1. The first kappa shape index (κ1) is 23.1. The van der Waals surface area contributed by atoms with Gasteiger partial charge in [0.1, 0.15) is 18.2 Å². The van der Waals surface area contributed by atoms with Gasteiger partial charge in [0.25, 0.3) is 11.8 Å². The molecule has 7 nitrogen and oxygen atoms in total. The number of rotatable bonds is 7. The van der Waals surface area contributed by atoms with Crippen molar-refractivity contribution in [3.05, 3.63) is 99.3 Å². The number of carbonyl (C=O) groups excluding carboxylic acids is 2. The maximum atomic E-state index is 13.3. The van der Waals surface area contributed by atoms with Gasteiger partial charge in [0.15, 0.2) is 5.01 Å². The van der Waals surface area contributed by atoms with Crippen LogP contribution in [-0.4, -0.2) is 22.0 Å². The molecule has 9 heteroatoms. The minimum absolute atomic E-state index is 0.180. The summed E-state index contributed by atoms with van der Waals surface area (Å²) in [6, 6.07) is 18.2. The highest BCUT2D eigenvalue weighted by atomic mass is 32.1. The summed E-state index contributed by atoms with van der Waals surface area (Å²) in [6.07, 6.45) is 0. The number of anilines is 2. The van der Waals surface area contributed by atoms with Gasteiger partial charge in [-0.2, -0.15) is 0 Å². The SMILES string of the molecule is Cc1ccc(OCc2nnc(C(=O)Nc3cccc(C(=O)Nc4ccc(F)cc4C)c3)s2)cc1. The lowest BCUT2D eigenvalue weighted by atomic mass is 10.1. The molecule has 0 saturated heterocycles. The second-order valence-electron chi connectivity index (χ2n) is 7.55. The summed E-state index contributed by atoms with van der Waals surface area (Å²) in [5.74, 6) is -0.484. The number of nitrogens with zero attached hydrogens (tertiary/aromatic N) is 2. The Kier molecular flexibility index (Phi) is 6.93. The summed E-state index contributed by atoms with van der Waals surface area (Å²) in [5, 5.41) is 14.2. The number of ether oxygens (including phenoxy) is 1. The summed E-state index contributed by atoms with van der Waals surface area (Å²) in [5.41, 5.74) is 3.02. The monoisotopic (exact) mass is 476 g/mol. The third-order valence-electron chi connectivity index (χ3n) is 4.86. The van der Waals surface area contributed by atoms with Crippen molar-refractivity contribution in [2.45, 2.75) is 20.5 Å². The molecular formula is C25H21FN4O3S. The molecule has 0 aliphatic heterocycles. The van der Waals surface area contributed by atoms with Crippen molar-refractivity contribution >= 4 is 34.5 Å². The number of benzene rings is 3. The van der Waals surface area contributed by atoms with Crippen LogP contribution >= 0.6 is 11.3 Å². The van der Waals surface area contributed by atoms with Crippen LogP contribution in [0, 0.1) is 19.7 Å². The van der Waals surface area contributed by atoms with E-state index in [1.165, 1.54) is 18.2 Å². The molecule has 0 radical (unpaired) electrons. The smallest absolute Gasteiger partial charge is 0.286 e. The van der Waals surface area contributed by atoms with E-state index in [1.54, 1.807) is 31.2 Å². The molecule has 34 heavy (non-hydrogen) atoms. The lowest BCUT2D eigenvalue weighted by Gasteiger charge is -2.10. The number of amides is 2. The number of carbonyl (C=O) groups is 2. The van der Waals surface area contributed by atoms with Gasteiger partial charge in [-0.05, 0) is 67.9 Å². The maximum absolute atomic E-state index is 13.3. The Bertz CT molecular complexity index is 1340. The number of aromatic nitrogens is 2. The van der Waals surface area contributed by atoms with E-state index < -0.39 is 5.91 Å². The summed E-state index contributed by atoms with van der Waals surface area (Å²) >= 11 is 1.13. The Labute approximate surface area is 199 Å². The van der Waals surface area contributed by atoms with E-state index in [-0.39, 0.29) is 23.3 Å². The van der Waals surface area contributed by atoms with E-state index in [4.69, 9.17) is 4.74 Å². The highest BCUT2D eigenvalue weighted by Crippen LogP contribution is 2.20. The average molecular weight is 477 g/mol. The third kappa shape index (κ3) is 5.81. The van der Waals surface area contributed by atoms with Gasteiger partial charge in [0.05, 0.1) is 0 Å². The lowest BCUT2D eigenvalue weighted by molar-refractivity contribution is 0.101. The summed E-state index contributed by atoms with van der Waals surface area (Å²) in [7, 11) is 0. The van der Waals surface area contributed by atoms with Crippen molar-refractivity contribution < 1.29 is 18.7 Å². The van der Waals surface area contributed by atoms with Crippen molar-refractivity contribution in [1.82, 2.24) is 10.2 Å². The van der Waals surface area contributed by atoms with Crippen LogP contribution in [0.4, 0.5) is 15.8 Å². The van der Waals surface area contributed by atoms with Crippen LogP contribution in [0.5, 0.6) is 5.75 Å². The Morgan fingerprint density at radius 2 is 1.74 bits per heavy atom. The Balaban J connectivity index is 1.37. The standard InChI is InChI=1S/C25H21FN4O3S/c1-15-6-9-20(10-7-15)33-14-22-29-30-25(34-22)24(32)27-19-5-3-4-17(13-19)23(31)28-21-11-8-18(26)12-16(21)2/h3-13H,14H2,1-2H3,(H,27,32)(H,28,31). The Morgan fingerprint density at radius 3 is 2.50 bits per heavy atom. The normalized spacial score (nSPS) is 10.6. The average Bonchev–Trinajstić information content (AvgIpc) is 3.30. The number of hydrogen-bond donors (Lipinski definition) is 2. The fraction of sp³-hybridized carbons (Fsp3) is 0.120. The molecule has 2 N–H and O–H groups in total. The van der Waals surface area contributed by atoms with E-state index >= 15 is 0 Å². The topological polar surface area (TPSA) is 93.2 Å². The van der Waals surface area contributed by atoms with Crippen molar-refractivity contribution in [2.75, 3.05) is 10.6 Å². The molecule has 3 aromatic carbocycles. The fourth-order valence-electron chi connectivity index (χ4n) is 3.07. The van der Waals surface area contributed by atoms with Gasteiger partial charge in [-0.15, -0.1) is 10.2 Å². The van der Waals surface area contributed by atoms with E-state index in [2.05, 4.69) is 20.8 Å². The molecule has 1 aromatic heterocycles. The number of hydrogen-bond acceptors (Lipinski definition) is 6. The predicted octanol–water partition coefficient (Wildman–Crippen LogP) is 5.38. The van der Waals surface area contributed by atoms with Crippen LogP contribution in [0.15, 0.2) is 66.7 Å². The molecule has 0 unspecified atom stereocenters. The van der Waals surface area contributed by atoms with Crippen LogP contribution in [0.2, 0.25) is 0 Å². The van der Waals surface area contributed by atoms with Crippen molar-refractivity contribution in [3.63, 3.8) is 0 Å².